The number of amides is 1. The maximum absolute atomic E-state index is 13.4. The molecule has 1 amide bonds. The summed E-state index contributed by atoms with van der Waals surface area (Å²) in [7, 11) is 0. The zero-order valence-corrected chi connectivity index (χ0v) is 14.0. The summed E-state index contributed by atoms with van der Waals surface area (Å²) in [5.41, 5.74) is 1.58. The predicted molar refractivity (Wildman–Crippen MR) is 92.8 cm³/mol. The van der Waals surface area contributed by atoms with Crippen LogP contribution in [-0.4, -0.2) is 26.6 Å². The minimum Gasteiger partial charge on any atom is -0.330 e. The average molecular weight is 353 g/mol. The lowest BCUT2D eigenvalue weighted by Crippen LogP contribution is -2.33. The Morgan fingerprint density at radius 3 is 2.50 bits per heavy atom. The first kappa shape index (κ1) is 16.4. The number of rotatable bonds is 5. The van der Waals surface area contributed by atoms with Gasteiger partial charge in [0.1, 0.15) is 11.6 Å². The minimum atomic E-state index is -0.364. The van der Waals surface area contributed by atoms with Gasteiger partial charge in [-0.15, -0.1) is 0 Å². The molecule has 0 radical (unpaired) electrons. The van der Waals surface area contributed by atoms with E-state index in [0.29, 0.717) is 12.2 Å². The van der Waals surface area contributed by atoms with Gasteiger partial charge in [0.2, 0.25) is 0 Å². The van der Waals surface area contributed by atoms with Crippen LogP contribution in [0.4, 0.5) is 8.78 Å². The summed E-state index contributed by atoms with van der Waals surface area (Å²) in [5, 5.41) is 4.30. The maximum atomic E-state index is 13.4. The van der Waals surface area contributed by atoms with Crippen LogP contribution >= 0.6 is 0 Å². The van der Waals surface area contributed by atoms with Crippen LogP contribution in [0.25, 0.3) is 5.69 Å². The van der Waals surface area contributed by atoms with E-state index in [1.165, 1.54) is 28.9 Å². The quantitative estimate of drug-likeness (QED) is 0.696. The van der Waals surface area contributed by atoms with Crippen molar-refractivity contribution in [1.29, 1.82) is 0 Å². The van der Waals surface area contributed by atoms with Crippen molar-refractivity contribution in [3.63, 3.8) is 0 Å². The van der Waals surface area contributed by atoms with E-state index in [0.717, 1.165) is 18.4 Å². The third-order valence-electron chi connectivity index (χ3n) is 4.37. The van der Waals surface area contributed by atoms with Crippen molar-refractivity contribution < 1.29 is 13.6 Å². The second-order valence-electron chi connectivity index (χ2n) is 6.42. The molecule has 1 fully saturated rings. The summed E-state index contributed by atoms with van der Waals surface area (Å²) >= 11 is 0. The fourth-order valence-corrected chi connectivity index (χ4v) is 2.93. The molecule has 4 rings (SSSR count). The van der Waals surface area contributed by atoms with Gasteiger partial charge in [-0.1, -0.05) is 18.2 Å². The molecule has 26 heavy (non-hydrogen) atoms. The van der Waals surface area contributed by atoms with E-state index >= 15 is 0 Å². The molecule has 0 N–H and O–H groups in total. The third kappa shape index (κ3) is 3.49. The van der Waals surface area contributed by atoms with E-state index in [4.69, 9.17) is 0 Å². The van der Waals surface area contributed by atoms with E-state index in [2.05, 4.69) is 5.10 Å². The normalized spacial score (nSPS) is 13.6. The maximum Gasteiger partial charge on any atom is 0.274 e. The molecule has 1 aromatic heterocycles. The Morgan fingerprint density at radius 1 is 1.08 bits per heavy atom. The summed E-state index contributed by atoms with van der Waals surface area (Å²) in [4.78, 5) is 14.6. The Hall–Kier alpha value is -3.02. The molecule has 3 aromatic rings. The van der Waals surface area contributed by atoms with Crippen molar-refractivity contribution in [2.24, 2.45) is 0 Å². The first-order chi connectivity index (χ1) is 12.6. The molecule has 2 aromatic carbocycles. The summed E-state index contributed by atoms with van der Waals surface area (Å²) in [6, 6.07) is 14.1. The number of hydrogen-bond acceptors (Lipinski definition) is 2. The van der Waals surface area contributed by atoms with Gasteiger partial charge in [-0.25, -0.2) is 13.5 Å². The molecule has 0 bridgehead atoms. The number of hydrogen-bond donors (Lipinski definition) is 0. The van der Waals surface area contributed by atoms with Gasteiger partial charge in [-0.2, -0.15) is 5.10 Å². The van der Waals surface area contributed by atoms with Crippen LogP contribution < -0.4 is 0 Å². The van der Waals surface area contributed by atoms with Crippen molar-refractivity contribution in [2.45, 2.75) is 25.4 Å². The van der Waals surface area contributed by atoms with Crippen LogP contribution in [0.3, 0.4) is 0 Å². The molecule has 1 aliphatic rings. The first-order valence-corrected chi connectivity index (χ1v) is 8.47. The minimum absolute atomic E-state index is 0.157. The van der Waals surface area contributed by atoms with E-state index in [1.807, 2.05) is 0 Å². The van der Waals surface area contributed by atoms with E-state index in [1.54, 1.807) is 41.4 Å². The molecule has 0 saturated heterocycles. The van der Waals surface area contributed by atoms with Crippen molar-refractivity contribution in [3.8, 4) is 5.69 Å². The van der Waals surface area contributed by atoms with Gasteiger partial charge in [-0.05, 0) is 54.8 Å². The molecular weight excluding hydrogens is 336 g/mol. The van der Waals surface area contributed by atoms with Crippen LogP contribution in [0, 0.1) is 11.6 Å². The highest BCUT2D eigenvalue weighted by Crippen LogP contribution is 2.29. The fraction of sp³-hybridized carbons (Fsp3) is 0.200. The van der Waals surface area contributed by atoms with Gasteiger partial charge in [-0.3, -0.25) is 4.79 Å². The Kier molecular flexibility index (Phi) is 4.24. The van der Waals surface area contributed by atoms with Crippen LogP contribution in [0.1, 0.15) is 28.9 Å². The summed E-state index contributed by atoms with van der Waals surface area (Å²) in [6.45, 7) is 0.341. The van der Waals surface area contributed by atoms with Crippen LogP contribution in [0.15, 0.2) is 60.8 Å². The topological polar surface area (TPSA) is 38.1 Å². The SMILES string of the molecule is O=C(c1ccn(-c2cccc(F)c2)n1)N(Cc1cccc(F)c1)C1CC1. The number of carbonyl (C=O) groups excluding carboxylic acids is 1. The van der Waals surface area contributed by atoms with Crippen molar-refractivity contribution in [3.05, 3.63) is 83.7 Å². The second-order valence-corrected chi connectivity index (χ2v) is 6.42. The highest BCUT2D eigenvalue weighted by molar-refractivity contribution is 5.92. The smallest absolute Gasteiger partial charge is 0.274 e. The molecule has 0 atom stereocenters. The van der Waals surface area contributed by atoms with Crippen LogP contribution in [-0.2, 0) is 6.54 Å². The Bertz CT molecular complexity index is 949. The van der Waals surface area contributed by atoms with Gasteiger partial charge in [0.15, 0.2) is 5.69 Å². The molecule has 1 heterocycles. The van der Waals surface area contributed by atoms with Crippen LogP contribution in [0.2, 0.25) is 0 Å². The molecule has 6 heteroatoms. The van der Waals surface area contributed by atoms with Gasteiger partial charge in [0, 0.05) is 18.8 Å². The third-order valence-corrected chi connectivity index (χ3v) is 4.37. The lowest BCUT2D eigenvalue weighted by atomic mass is 10.2. The molecule has 4 nitrogen and oxygen atoms in total. The molecule has 0 aliphatic heterocycles. The van der Waals surface area contributed by atoms with Gasteiger partial charge >= 0.3 is 0 Å². The molecule has 0 spiro atoms. The lowest BCUT2D eigenvalue weighted by molar-refractivity contribution is 0.0723. The predicted octanol–water partition coefficient (Wildman–Crippen LogP) is 3.96. The number of carbonyl (C=O) groups is 1. The Balaban J connectivity index is 1.57. The van der Waals surface area contributed by atoms with Crippen LogP contribution in [0.5, 0.6) is 0 Å². The highest BCUT2D eigenvalue weighted by Gasteiger charge is 2.34. The second kappa shape index (κ2) is 6.71. The lowest BCUT2D eigenvalue weighted by Gasteiger charge is -2.21. The van der Waals surface area contributed by atoms with Gasteiger partial charge in [0.25, 0.3) is 5.91 Å². The number of benzene rings is 2. The zero-order valence-electron chi connectivity index (χ0n) is 14.0. The molecule has 132 valence electrons. The molecule has 1 aliphatic carbocycles. The van der Waals surface area contributed by atoms with E-state index in [-0.39, 0.29) is 29.3 Å². The Labute approximate surface area is 149 Å². The van der Waals surface area contributed by atoms with Crippen molar-refractivity contribution in [2.75, 3.05) is 0 Å². The summed E-state index contributed by atoms with van der Waals surface area (Å²) < 4.78 is 28.3. The molecule has 1 saturated carbocycles. The number of aromatic nitrogens is 2. The van der Waals surface area contributed by atoms with Gasteiger partial charge < -0.3 is 4.90 Å². The number of nitrogens with zero attached hydrogens (tertiary/aromatic N) is 3. The molecule has 0 unspecified atom stereocenters. The monoisotopic (exact) mass is 353 g/mol. The summed E-state index contributed by atoms with van der Waals surface area (Å²) in [6.07, 6.45) is 3.51. The highest BCUT2D eigenvalue weighted by atomic mass is 19.1. The Morgan fingerprint density at radius 2 is 1.81 bits per heavy atom. The average Bonchev–Trinajstić information content (AvgIpc) is 3.35. The fourth-order valence-electron chi connectivity index (χ4n) is 2.93. The van der Waals surface area contributed by atoms with Gasteiger partial charge in [0.05, 0.1) is 5.69 Å². The van der Waals surface area contributed by atoms with Crippen molar-refractivity contribution in [1.82, 2.24) is 14.7 Å². The molecular formula is C20H17F2N3O. The van der Waals surface area contributed by atoms with E-state index in [9.17, 15) is 13.6 Å². The summed E-state index contributed by atoms with van der Waals surface area (Å²) in [5.74, 6) is -0.885. The zero-order chi connectivity index (χ0) is 18.1. The number of halogens is 2. The standard InChI is InChI=1S/C20H17F2N3O/c21-15-4-1-3-14(11-15)13-24(17-7-8-17)20(26)19-9-10-25(23-19)18-6-2-5-16(22)12-18/h1-6,9-12,17H,7-8,13H2. The van der Waals surface area contributed by atoms with E-state index < -0.39 is 0 Å². The first-order valence-electron chi connectivity index (χ1n) is 8.47. The van der Waals surface area contributed by atoms with Crippen molar-refractivity contribution >= 4 is 5.91 Å². The largest absolute Gasteiger partial charge is 0.330 e.